The standard InChI is InChI=1S/C16H13ClFN5OS/c1-10-2-5-12(8-14(10)18)19-15(24)9-25-16-20-21-22-23(16)13-6-3-11(17)4-7-13/h2-8H,9H2,1H3,(H,19,24). The van der Waals surface area contributed by atoms with Crippen molar-refractivity contribution in [2.75, 3.05) is 11.1 Å². The van der Waals surface area contributed by atoms with Crippen molar-refractivity contribution in [3.63, 3.8) is 0 Å². The van der Waals surface area contributed by atoms with Crippen molar-refractivity contribution in [2.45, 2.75) is 12.1 Å². The number of halogens is 2. The van der Waals surface area contributed by atoms with Gasteiger partial charge in [-0.05, 0) is 59.3 Å². The van der Waals surface area contributed by atoms with Gasteiger partial charge < -0.3 is 5.32 Å². The lowest BCUT2D eigenvalue weighted by Crippen LogP contribution is -2.14. The predicted molar refractivity (Wildman–Crippen MR) is 94.7 cm³/mol. The molecule has 128 valence electrons. The van der Waals surface area contributed by atoms with E-state index >= 15 is 0 Å². The van der Waals surface area contributed by atoms with Gasteiger partial charge in [0.15, 0.2) is 0 Å². The van der Waals surface area contributed by atoms with Gasteiger partial charge in [0.1, 0.15) is 5.82 Å². The summed E-state index contributed by atoms with van der Waals surface area (Å²) in [6.07, 6.45) is 0. The number of hydrogen-bond donors (Lipinski definition) is 1. The number of nitrogens with zero attached hydrogens (tertiary/aromatic N) is 4. The minimum Gasteiger partial charge on any atom is -0.325 e. The minimum absolute atomic E-state index is 0.0868. The summed E-state index contributed by atoms with van der Waals surface area (Å²) in [6.45, 7) is 1.66. The molecule has 25 heavy (non-hydrogen) atoms. The molecule has 0 saturated carbocycles. The van der Waals surface area contributed by atoms with E-state index in [2.05, 4.69) is 20.8 Å². The van der Waals surface area contributed by atoms with Crippen molar-refractivity contribution >= 4 is 35.0 Å². The quantitative estimate of drug-likeness (QED) is 0.689. The Morgan fingerprint density at radius 2 is 2.04 bits per heavy atom. The number of hydrogen-bond acceptors (Lipinski definition) is 5. The van der Waals surface area contributed by atoms with E-state index in [0.29, 0.717) is 21.4 Å². The van der Waals surface area contributed by atoms with Crippen molar-refractivity contribution in [1.29, 1.82) is 0 Å². The topological polar surface area (TPSA) is 72.7 Å². The van der Waals surface area contributed by atoms with Crippen LogP contribution >= 0.6 is 23.4 Å². The van der Waals surface area contributed by atoms with E-state index in [0.717, 1.165) is 5.69 Å². The zero-order valence-corrected chi connectivity index (χ0v) is 14.7. The average molecular weight is 378 g/mol. The fourth-order valence-corrected chi connectivity index (χ4v) is 2.83. The Balaban J connectivity index is 1.64. The predicted octanol–water partition coefficient (Wildman–Crippen LogP) is 3.49. The van der Waals surface area contributed by atoms with Crippen LogP contribution in [0.3, 0.4) is 0 Å². The number of aromatic nitrogens is 4. The summed E-state index contributed by atoms with van der Waals surface area (Å²) in [4.78, 5) is 12.0. The molecule has 0 fully saturated rings. The zero-order valence-electron chi connectivity index (χ0n) is 13.1. The fraction of sp³-hybridized carbons (Fsp3) is 0.125. The van der Waals surface area contributed by atoms with Gasteiger partial charge in [0.25, 0.3) is 0 Å². The van der Waals surface area contributed by atoms with E-state index in [-0.39, 0.29) is 17.5 Å². The molecule has 0 aliphatic carbocycles. The Morgan fingerprint density at radius 1 is 1.28 bits per heavy atom. The van der Waals surface area contributed by atoms with E-state index in [1.54, 1.807) is 43.3 Å². The molecule has 0 radical (unpaired) electrons. The molecule has 0 spiro atoms. The lowest BCUT2D eigenvalue weighted by Gasteiger charge is -2.07. The summed E-state index contributed by atoms with van der Waals surface area (Å²) in [5.74, 6) is -0.556. The molecular formula is C16H13ClFN5OS. The summed E-state index contributed by atoms with van der Waals surface area (Å²) in [5.41, 5.74) is 1.67. The molecule has 0 bridgehead atoms. The second-order valence-electron chi connectivity index (χ2n) is 5.15. The molecule has 0 aliphatic rings. The number of aryl methyl sites for hydroxylation is 1. The molecule has 3 rings (SSSR count). The highest BCUT2D eigenvalue weighted by Gasteiger charge is 2.12. The molecule has 0 saturated heterocycles. The first-order chi connectivity index (χ1) is 12.0. The maximum absolute atomic E-state index is 13.5. The summed E-state index contributed by atoms with van der Waals surface area (Å²) in [5, 5.41) is 15.2. The highest BCUT2D eigenvalue weighted by Crippen LogP contribution is 2.20. The molecule has 1 heterocycles. The lowest BCUT2D eigenvalue weighted by molar-refractivity contribution is -0.113. The number of amides is 1. The van der Waals surface area contributed by atoms with E-state index in [9.17, 15) is 9.18 Å². The molecule has 1 N–H and O–H groups in total. The van der Waals surface area contributed by atoms with Crippen LogP contribution in [0.4, 0.5) is 10.1 Å². The van der Waals surface area contributed by atoms with Gasteiger partial charge in [-0.2, -0.15) is 4.68 Å². The first kappa shape index (κ1) is 17.4. The van der Waals surface area contributed by atoms with Crippen LogP contribution < -0.4 is 5.32 Å². The second-order valence-corrected chi connectivity index (χ2v) is 6.53. The van der Waals surface area contributed by atoms with Crippen LogP contribution in [0.2, 0.25) is 5.02 Å². The second kappa shape index (κ2) is 7.62. The Hall–Kier alpha value is -2.45. The molecule has 0 aliphatic heterocycles. The lowest BCUT2D eigenvalue weighted by atomic mass is 10.2. The first-order valence-electron chi connectivity index (χ1n) is 7.26. The van der Waals surface area contributed by atoms with Gasteiger partial charge in [-0.3, -0.25) is 4.79 Å². The van der Waals surface area contributed by atoms with Crippen molar-refractivity contribution < 1.29 is 9.18 Å². The number of thioether (sulfide) groups is 1. The SMILES string of the molecule is Cc1ccc(NC(=O)CSc2nnnn2-c2ccc(Cl)cc2)cc1F. The fourth-order valence-electron chi connectivity index (χ4n) is 2.01. The van der Waals surface area contributed by atoms with Crippen LogP contribution in [0.1, 0.15) is 5.56 Å². The Kier molecular flexibility index (Phi) is 5.30. The van der Waals surface area contributed by atoms with Gasteiger partial charge in [0.05, 0.1) is 11.4 Å². The summed E-state index contributed by atoms with van der Waals surface area (Å²) >= 11 is 7.04. The Morgan fingerprint density at radius 3 is 2.76 bits per heavy atom. The van der Waals surface area contributed by atoms with Gasteiger partial charge in [-0.25, -0.2) is 4.39 Å². The average Bonchev–Trinajstić information content (AvgIpc) is 3.06. The Bertz CT molecular complexity index is 900. The molecule has 9 heteroatoms. The number of tetrazole rings is 1. The number of rotatable bonds is 5. The molecule has 0 atom stereocenters. The van der Waals surface area contributed by atoms with Gasteiger partial charge in [-0.1, -0.05) is 29.4 Å². The van der Waals surface area contributed by atoms with Crippen LogP contribution in [0.5, 0.6) is 0 Å². The number of carbonyl (C=O) groups excluding carboxylic acids is 1. The van der Waals surface area contributed by atoms with Crippen LogP contribution in [0, 0.1) is 12.7 Å². The third-order valence-electron chi connectivity index (χ3n) is 3.30. The number of benzene rings is 2. The van der Waals surface area contributed by atoms with Crippen molar-refractivity contribution in [3.8, 4) is 5.69 Å². The molecule has 0 unspecified atom stereocenters. The van der Waals surface area contributed by atoms with E-state index in [1.807, 2.05) is 0 Å². The van der Waals surface area contributed by atoms with Crippen LogP contribution in [-0.2, 0) is 4.79 Å². The van der Waals surface area contributed by atoms with Crippen molar-refractivity contribution in [1.82, 2.24) is 20.2 Å². The molecule has 1 amide bonds. The van der Waals surface area contributed by atoms with Crippen LogP contribution in [0.25, 0.3) is 5.69 Å². The summed E-state index contributed by atoms with van der Waals surface area (Å²) in [6, 6.07) is 11.6. The monoisotopic (exact) mass is 377 g/mol. The number of carbonyl (C=O) groups is 1. The highest BCUT2D eigenvalue weighted by atomic mass is 35.5. The van der Waals surface area contributed by atoms with Gasteiger partial charge in [-0.15, -0.1) is 5.10 Å². The Labute approximate surface area is 152 Å². The van der Waals surface area contributed by atoms with Gasteiger partial charge in [0.2, 0.25) is 11.1 Å². The van der Waals surface area contributed by atoms with E-state index < -0.39 is 0 Å². The molecule has 2 aromatic carbocycles. The molecule has 6 nitrogen and oxygen atoms in total. The van der Waals surface area contributed by atoms with Crippen LogP contribution in [0.15, 0.2) is 47.6 Å². The summed E-state index contributed by atoms with van der Waals surface area (Å²) < 4.78 is 15.0. The largest absolute Gasteiger partial charge is 0.325 e. The number of nitrogens with one attached hydrogen (secondary N) is 1. The van der Waals surface area contributed by atoms with Gasteiger partial charge in [0, 0.05) is 10.7 Å². The number of anilines is 1. The maximum Gasteiger partial charge on any atom is 0.234 e. The first-order valence-corrected chi connectivity index (χ1v) is 8.62. The zero-order chi connectivity index (χ0) is 17.8. The van der Waals surface area contributed by atoms with Gasteiger partial charge >= 0.3 is 0 Å². The third-order valence-corrected chi connectivity index (χ3v) is 4.47. The van der Waals surface area contributed by atoms with Crippen molar-refractivity contribution in [2.24, 2.45) is 0 Å². The van der Waals surface area contributed by atoms with E-state index in [1.165, 1.54) is 22.5 Å². The molecular weight excluding hydrogens is 365 g/mol. The molecule has 3 aromatic rings. The van der Waals surface area contributed by atoms with Crippen LogP contribution in [-0.4, -0.2) is 31.9 Å². The maximum atomic E-state index is 13.5. The van der Waals surface area contributed by atoms with E-state index in [4.69, 9.17) is 11.6 Å². The highest BCUT2D eigenvalue weighted by molar-refractivity contribution is 7.99. The third kappa shape index (κ3) is 4.34. The van der Waals surface area contributed by atoms with Crippen molar-refractivity contribution in [3.05, 3.63) is 58.9 Å². The smallest absolute Gasteiger partial charge is 0.234 e. The minimum atomic E-state index is -0.364. The summed E-state index contributed by atoms with van der Waals surface area (Å²) in [7, 11) is 0. The molecule has 1 aromatic heterocycles. The normalized spacial score (nSPS) is 10.7.